The lowest BCUT2D eigenvalue weighted by Gasteiger charge is -2.23. The van der Waals surface area contributed by atoms with Crippen LogP contribution in [0.3, 0.4) is 0 Å². The molecule has 1 amide bonds. The van der Waals surface area contributed by atoms with Crippen molar-refractivity contribution in [2.45, 2.75) is 38.8 Å². The number of rotatable bonds is 9. The van der Waals surface area contributed by atoms with E-state index in [2.05, 4.69) is 5.32 Å². The zero-order chi connectivity index (χ0) is 19.8. The minimum Gasteiger partial charge on any atom is -0.493 e. The van der Waals surface area contributed by atoms with Gasteiger partial charge in [0.15, 0.2) is 29.2 Å². The van der Waals surface area contributed by atoms with E-state index in [4.69, 9.17) is 14.2 Å². The molecule has 146 valence electrons. The van der Waals surface area contributed by atoms with Crippen LogP contribution in [0.25, 0.3) is 0 Å². The van der Waals surface area contributed by atoms with Gasteiger partial charge < -0.3 is 19.5 Å². The number of carbonyl (C=O) groups is 1. The second-order valence-corrected chi connectivity index (χ2v) is 6.03. The number of hydrogen-bond acceptors (Lipinski definition) is 4. The molecule has 2 atom stereocenters. The molecule has 0 spiro atoms. The number of benzene rings is 2. The highest BCUT2D eigenvalue weighted by Crippen LogP contribution is 2.31. The smallest absolute Gasteiger partial charge is 0.261 e. The molecule has 2 aromatic carbocycles. The molecule has 2 rings (SSSR count). The van der Waals surface area contributed by atoms with Gasteiger partial charge in [-0.05, 0) is 42.7 Å². The van der Waals surface area contributed by atoms with Crippen LogP contribution in [-0.2, 0) is 4.79 Å². The highest BCUT2D eigenvalue weighted by atomic mass is 19.1. The van der Waals surface area contributed by atoms with E-state index >= 15 is 0 Å². The van der Waals surface area contributed by atoms with E-state index in [0.29, 0.717) is 24.3 Å². The van der Waals surface area contributed by atoms with Crippen LogP contribution < -0.4 is 19.5 Å². The molecule has 6 heteroatoms. The molecular weight excluding hydrogens is 349 g/mol. The third-order valence-electron chi connectivity index (χ3n) is 4.30. The normalized spacial score (nSPS) is 12.8. The van der Waals surface area contributed by atoms with Gasteiger partial charge in [0.1, 0.15) is 0 Å². The largest absolute Gasteiger partial charge is 0.493 e. The van der Waals surface area contributed by atoms with Gasteiger partial charge in [0.25, 0.3) is 5.91 Å². The molecule has 0 saturated carbocycles. The summed E-state index contributed by atoms with van der Waals surface area (Å²) in [5.74, 6) is 0.505. The van der Waals surface area contributed by atoms with Gasteiger partial charge in [-0.2, -0.15) is 0 Å². The molecule has 1 N–H and O–H groups in total. The summed E-state index contributed by atoms with van der Waals surface area (Å²) in [6.45, 7) is 3.79. The Kier molecular flexibility index (Phi) is 7.46. The maximum atomic E-state index is 13.8. The van der Waals surface area contributed by atoms with Gasteiger partial charge in [0.2, 0.25) is 0 Å². The summed E-state index contributed by atoms with van der Waals surface area (Å²) in [6.07, 6.45) is 0.316. The van der Waals surface area contributed by atoms with Crippen molar-refractivity contribution in [3.8, 4) is 17.2 Å². The Labute approximate surface area is 159 Å². The summed E-state index contributed by atoms with van der Waals surface area (Å²) in [4.78, 5) is 12.7. The molecule has 2 aromatic rings. The van der Waals surface area contributed by atoms with E-state index in [1.54, 1.807) is 32.4 Å². The van der Waals surface area contributed by atoms with E-state index < -0.39 is 11.9 Å². The molecule has 0 bridgehead atoms. The van der Waals surface area contributed by atoms with E-state index in [-0.39, 0.29) is 17.7 Å². The summed E-state index contributed by atoms with van der Waals surface area (Å²) >= 11 is 0. The Balaban J connectivity index is 2.14. The SMILES string of the molecule is CC[C@H](Oc1ccccc1F)C(=O)N[C@@H](CC)c1ccc(OC)c(OC)c1. The minimum absolute atomic E-state index is 0.0682. The molecule has 27 heavy (non-hydrogen) atoms. The second kappa shape index (κ2) is 9.80. The molecule has 0 fully saturated rings. The van der Waals surface area contributed by atoms with Crippen LogP contribution in [0, 0.1) is 5.82 Å². The van der Waals surface area contributed by atoms with Crippen molar-refractivity contribution in [3.63, 3.8) is 0 Å². The predicted molar refractivity (Wildman–Crippen MR) is 102 cm³/mol. The van der Waals surface area contributed by atoms with Gasteiger partial charge in [0, 0.05) is 0 Å². The molecule has 0 aromatic heterocycles. The first-order valence-electron chi connectivity index (χ1n) is 8.97. The van der Waals surface area contributed by atoms with Crippen molar-refractivity contribution in [3.05, 3.63) is 53.8 Å². The number of halogens is 1. The number of hydrogen-bond donors (Lipinski definition) is 1. The molecule has 0 saturated heterocycles. The van der Waals surface area contributed by atoms with Crippen LogP contribution in [0.5, 0.6) is 17.2 Å². The van der Waals surface area contributed by atoms with Gasteiger partial charge in [-0.1, -0.05) is 32.0 Å². The third kappa shape index (κ3) is 5.12. The quantitative estimate of drug-likeness (QED) is 0.711. The van der Waals surface area contributed by atoms with Crippen LogP contribution in [0.1, 0.15) is 38.3 Å². The van der Waals surface area contributed by atoms with E-state index in [0.717, 1.165) is 5.56 Å². The number of para-hydroxylation sites is 1. The number of carbonyl (C=O) groups excluding carboxylic acids is 1. The Hall–Kier alpha value is -2.76. The Morgan fingerprint density at radius 3 is 2.30 bits per heavy atom. The van der Waals surface area contributed by atoms with Crippen LogP contribution in [0.15, 0.2) is 42.5 Å². The van der Waals surface area contributed by atoms with Crippen molar-refractivity contribution < 1.29 is 23.4 Å². The molecule has 0 heterocycles. The number of nitrogens with one attached hydrogen (secondary N) is 1. The van der Waals surface area contributed by atoms with Crippen molar-refractivity contribution in [1.29, 1.82) is 0 Å². The monoisotopic (exact) mass is 375 g/mol. The van der Waals surface area contributed by atoms with Crippen LogP contribution in [0.4, 0.5) is 4.39 Å². The fourth-order valence-electron chi connectivity index (χ4n) is 2.77. The fraction of sp³-hybridized carbons (Fsp3) is 0.381. The molecule has 0 aliphatic rings. The maximum absolute atomic E-state index is 13.8. The summed E-state index contributed by atoms with van der Waals surface area (Å²) in [6, 6.07) is 11.4. The van der Waals surface area contributed by atoms with Gasteiger partial charge >= 0.3 is 0 Å². The molecule has 0 aliphatic heterocycles. The Bertz CT molecular complexity index is 766. The first-order chi connectivity index (χ1) is 13.0. The zero-order valence-electron chi connectivity index (χ0n) is 16.1. The minimum atomic E-state index is -0.781. The predicted octanol–water partition coefficient (Wildman–Crippen LogP) is 4.27. The maximum Gasteiger partial charge on any atom is 0.261 e. The molecule has 0 radical (unpaired) electrons. The average molecular weight is 375 g/mol. The number of amides is 1. The first-order valence-corrected chi connectivity index (χ1v) is 8.97. The molecule has 0 aliphatic carbocycles. The highest BCUT2D eigenvalue weighted by molar-refractivity contribution is 5.81. The van der Waals surface area contributed by atoms with Gasteiger partial charge in [-0.15, -0.1) is 0 Å². The van der Waals surface area contributed by atoms with Crippen LogP contribution >= 0.6 is 0 Å². The summed E-state index contributed by atoms with van der Waals surface area (Å²) in [5, 5.41) is 2.98. The Morgan fingerprint density at radius 2 is 1.70 bits per heavy atom. The molecular formula is C21H26FNO4. The van der Waals surface area contributed by atoms with Gasteiger partial charge in [-0.25, -0.2) is 4.39 Å². The van der Waals surface area contributed by atoms with E-state index in [9.17, 15) is 9.18 Å². The van der Waals surface area contributed by atoms with Gasteiger partial charge in [0.05, 0.1) is 20.3 Å². The summed E-state index contributed by atoms with van der Waals surface area (Å²) in [5.41, 5.74) is 0.893. The molecule has 5 nitrogen and oxygen atoms in total. The van der Waals surface area contributed by atoms with Crippen molar-refractivity contribution >= 4 is 5.91 Å². The first kappa shape index (κ1) is 20.6. The number of methoxy groups -OCH3 is 2. The lowest BCUT2D eigenvalue weighted by molar-refractivity contribution is -0.129. The highest BCUT2D eigenvalue weighted by Gasteiger charge is 2.23. The van der Waals surface area contributed by atoms with Gasteiger partial charge in [-0.3, -0.25) is 4.79 Å². The fourth-order valence-corrected chi connectivity index (χ4v) is 2.77. The van der Waals surface area contributed by atoms with Crippen molar-refractivity contribution in [2.75, 3.05) is 14.2 Å². The standard InChI is InChI=1S/C21H26FNO4/c1-5-16(14-11-12-19(25-3)20(13-14)26-4)23-21(24)17(6-2)27-18-10-8-7-9-15(18)22/h7-13,16-17H,5-6H2,1-4H3,(H,23,24)/t16-,17-/m0/s1. The summed E-state index contributed by atoms with van der Waals surface area (Å²) in [7, 11) is 3.14. The zero-order valence-corrected chi connectivity index (χ0v) is 16.1. The topological polar surface area (TPSA) is 56.8 Å². The van der Waals surface area contributed by atoms with Crippen molar-refractivity contribution in [2.24, 2.45) is 0 Å². The lowest BCUT2D eigenvalue weighted by atomic mass is 10.0. The summed E-state index contributed by atoms with van der Waals surface area (Å²) < 4.78 is 30.0. The van der Waals surface area contributed by atoms with Crippen molar-refractivity contribution in [1.82, 2.24) is 5.32 Å². The van der Waals surface area contributed by atoms with Crippen LogP contribution in [0.2, 0.25) is 0 Å². The number of ether oxygens (including phenoxy) is 3. The Morgan fingerprint density at radius 1 is 1.00 bits per heavy atom. The van der Waals surface area contributed by atoms with E-state index in [1.165, 1.54) is 12.1 Å². The third-order valence-corrected chi connectivity index (χ3v) is 4.30. The van der Waals surface area contributed by atoms with Crippen LogP contribution in [-0.4, -0.2) is 26.2 Å². The average Bonchev–Trinajstić information content (AvgIpc) is 2.70. The van der Waals surface area contributed by atoms with E-state index in [1.807, 2.05) is 26.0 Å². The molecule has 0 unspecified atom stereocenters. The second-order valence-electron chi connectivity index (χ2n) is 6.03. The lowest BCUT2D eigenvalue weighted by Crippen LogP contribution is -2.40.